The maximum atomic E-state index is 12.3. The average molecular weight is 293 g/mol. The second-order valence-electron chi connectivity index (χ2n) is 5.03. The Morgan fingerprint density at radius 1 is 0.905 bits per heavy atom. The van der Waals surface area contributed by atoms with E-state index in [1.807, 2.05) is 29.6 Å². The van der Waals surface area contributed by atoms with Gasteiger partial charge in [-0.1, -0.05) is 18.2 Å². The molecule has 1 aromatic heterocycles. The molecule has 0 saturated heterocycles. The van der Waals surface area contributed by atoms with E-state index < -0.39 is 0 Å². The molecule has 2 amide bonds. The van der Waals surface area contributed by atoms with Gasteiger partial charge >= 0.3 is 0 Å². The van der Waals surface area contributed by atoms with Gasteiger partial charge in [0.1, 0.15) is 0 Å². The largest absolute Gasteiger partial charge is 0.270 e. The lowest BCUT2D eigenvalue weighted by atomic mass is 10.1. The van der Waals surface area contributed by atoms with Gasteiger partial charge in [0.25, 0.3) is 11.8 Å². The van der Waals surface area contributed by atoms with E-state index in [1.54, 1.807) is 35.6 Å². The van der Waals surface area contributed by atoms with Crippen LogP contribution in [0.3, 0.4) is 0 Å². The molecule has 102 valence electrons. The van der Waals surface area contributed by atoms with Crippen molar-refractivity contribution in [2.45, 2.75) is 6.54 Å². The van der Waals surface area contributed by atoms with Gasteiger partial charge in [0.05, 0.1) is 17.7 Å². The van der Waals surface area contributed by atoms with Crippen LogP contribution in [0.2, 0.25) is 0 Å². The molecule has 2 aromatic carbocycles. The number of imide groups is 1. The SMILES string of the molecule is O=C1c2ccccc2C(=O)N1Cc1ccc2sccc2c1. The molecule has 0 aliphatic carbocycles. The summed E-state index contributed by atoms with van der Waals surface area (Å²) in [6.45, 7) is 0.318. The lowest BCUT2D eigenvalue weighted by Crippen LogP contribution is -2.29. The highest BCUT2D eigenvalue weighted by Gasteiger charge is 2.34. The molecule has 4 rings (SSSR count). The molecular formula is C17H11NO2S. The van der Waals surface area contributed by atoms with Gasteiger partial charge in [-0.2, -0.15) is 0 Å². The van der Waals surface area contributed by atoms with Crippen molar-refractivity contribution in [1.82, 2.24) is 4.90 Å². The number of thiophene rings is 1. The van der Waals surface area contributed by atoms with E-state index in [2.05, 4.69) is 0 Å². The third kappa shape index (κ3) is 1.87. The Balaban J connectivity index is 1.69. The predicted molar refractivity (Wildman–Crippen MR) is 82.5 cm³/mol. The molecule has 0 radical (unpaired) electrons. The quantitative estimate of drug-likeness (QED) is 0.676. The summed E-state index contributed by atoms with van der Waals surface area (Å²) in [5, 5.41) is 3.19. The van der Waals surface area contributed by atoms with Gasteiger partial charge in [0.2, 0.25) is 0 Å². The van der Waals surface area contributed by atoms with Crippen molar-refractivity contribution in [2.75, 3.05) is 0 Å². The minimum Gasteiger partial charge on any atom is -0.270 e. The summed E-state index contributed by atoms with van der Waals surface area (Å²) in [4.78, 5) is 26.0. The van der Waals surface area contributed by atoms with Crippen LogP contribution in [-0.4, -0.2) is 16.7 Å². The first kappa shape index (κ1) is 12.3. The van der Waals surface area contributed by atoms with Crippen LogP contribution in [0, 0.1) is 0 Å². The molecule has 2 heterocycles. The van der Waals surface area contributed by atoms with Gasteiger partial charge in [0, 0.05) is 4.70 Å². The number of amides is 2. The van der Waals surface area contributed by atoms with E-state index >= 15 is 0 Å². The molecule has 21 heavy (non-hydrogen) atoms. The van der Waals surface area contributed by atoms with Crippen molar-refractivity contribution in [3.05, 3.63) is 70.6 Å². The number of rotatable bonds is 2. The number of benzene rings is 2. The lowest BCUT2D eigenvalue weighted by Gasteiger charge is -2.13. The Kier molecular flexibility index (Phi) is 2.65. The van der Waals surface area contributed by atoms with Crippen LogP contribution in [0.5, 0.6) is 0 Å². The molecule has 3 aromatic rings. The summed E-state index contributed by atoms with van der Waals surface area (Å²) in [5.74, 6) is -0.415. The molecule has 0 spiro atoms. The van der Waals surface area contributed by atoms with Gasteiger partial charge < -0.3 is 0 Å². The van der Waals surface area contributed by atoms with Crippen LogP contribution in [-0.2, 0) is 6.54 Å². The normalized spacial score (nSPS) is 14.0. The minimum absolute atomic E-state index is 0.207. The number of carbonyl (C=O) groups is 2. The van der Waals surface area contributed by atoms with E-state index in [0.717, 1.165) is 10.9 Å². The van der Waals surface area contributed by atoms with Gasteiger partial charge in [-0.25, -0.2) is 0 Å². The summed E-state index contributed by atoms with van der Waals surface area (Å²) < 4.78 is 1.21. The van der Waals surface area contributed by atoms with Crippen molar-refractivity contribution >= 4 is 33.2 Å². The smallest absolute Gasteiger partial charge is 0.261 e. The summed E-state index contributed by atoms with van der Waals surface area (Å²) in [6.07, 6.45) is 0. The van der Waals surface area contributed by atoms with E-state index in [4.69, 9.17) is 0 Å². The Hall–Kier alpha value is -2.46. The maximum Gasteiger partial charge on any atom is 0.261 e. The van der Waals surface area contributed by atoms with Crippen LogP contribution < -0.4 is 0 Å². The second kappa shape index (κ2) is 4.53. The molecule has 1 aliphatic heterocycles. The van der Waals surface area contributed by atoms with Gasteiger partial charge in [-0.3, -0.25) is 14.5 Å². The number of fused-ring (bicyclic) bond motifs is 2. The topological polar surface area (TPSA) is 37.4 Å². The number of hydrogen-bond donors (Lipinski definition) is 0. The van der Waals surface area contributed by atoms with Crippen molar-refractivity contribution in [1.29, 1.82) is 0 Å². The molecule has 0 saturated carbocycles. The molecule has 0 atom stereocenters. The Morgan fingerprint density at radius 3 is 2.33 bits per heavy atom. The molecule has 0 N–H and O–H groups in total. The van der Waals surface area contributed by atoms with Gasteiger partial charge in [-0.05, 0) is 46.7 Å². The maximum absolute atomic E-state index is 12.3. The second-order valence-corrected chi connectivity index (χ2v) is 5.98. The number of hydrogen-bond acceptors (Lipinski definition) is 3. The van der Waals surface area contributed by atoms with Crippen molar-refractivity contribution in [3.8, 4) is 0 Å². The van der Waals surface area contributed by atoms with E-state index in [1.165, 1.54) is 9.60 Å². The Morgan fingerprint density at radius 2 is 1.62 bits per heavy atom. The molecule has 0 unspecified atom stereocenters. The van der Waals surface area contributed by atoms with Crippen molar-refractivity contribution < 1.29 is 9.59 Å². The van der Waals surface area contributed by atoms with Gasteiger partial charge in [-0.15, -0.1) is 11.3 Å². The zero-order valence-corrected chi connectivity index (χ0v) is 11.9. The molecule has 3 nitrogen and oxygen atoms in total. The number of carbonyl (C=O) groups excluding carboxylic acids is 2. The minimum atomic E-state index is -0.207. The summed E-state index contributed by atoms with van der Waals surface area (Å²) in [7, 11) is 0. The number of nitrogens with zero attached hydrogens (tertiary/aromatic N) is 1. The third-order valence-electron chi connectivity index (χ3n) is 3.74. The summed E-state index contributed by atoms with van der Waals surface area (Å²) >= 11 is 1.68. The highest BCUT2D eigenvalue weighted by atomic mass is 32.1. The zero-order chi connectivity index (χ0) is 14.4. The Labute approximate surface area is 125 Å². The third-order valence-corrected chi connectivity index (χ3v) is 4.63. The van der Waals surface area contributed by atoms with Crippen LogP contribution in [0.1, 0.15) is 26.3 Å². The highest BCUT2D eigenvalue weighted by molar-refractivity contribution is 7.17. The predicted octanol–water partition coefficient (Wildman–Crippen LogP) is 3.70. The molecule has 0 fully saturated rings. The van der Waals surface area contributed by atoms with Crippen LogP contribution in [0.15, 0.2) is 53.9 Å². The fourth-order valence-corrected chi connectivity index (χ4v) is 3.45. The molecular weight excluding hydrogens is 282 g/mol. The summed E-state index contributed by atoms with van der Waals surface area (Å²) in [6, 6.07) is 15.1. The van der Waals surface area contributed by atoms with E-state index in [9.17, 15) is 9.59 Å². The molecule has 1 aliphatic rings. The van der Waals surface area contributed by atoms with Crippen molar-refractivity contribution in [3.63, 3.8) is 0 Å². The van der Waals surface area contributed by atoms with Crippen LogP contribution in [0.4, 0.5) is 0 Å². The fourth-order valence-electron chi connectivity index (χ4n) is 2.68. The molecule has 0 bridgehead atoms. The monoisotopic (exact) mass is 293 g/mol. The Bertz CT molecular complexity index is 846. The van der Waals surface area contributed by atoms with Crippen molar-refractivity contribution in [2.24, 2.45) is 0 Å². The molecule has 4 heteroatoms. The van der Waals surface area contributed by atoms with E-state index in [0.29, 0.717) is 17.7 Å². The van der Waals surface area contributed by atoms with Gasteiger partial charge in [0.15, 0.2) is 0 Å². The lowest BCUT2D eigenvalue weighted by molar-refractivity contribution is 0.0642. The summed E-state index contributed by atoms with van der Waals surface area (Å²) in [5.41, 5.74) is 1.97. The van der Waals surface area contributed by atoms with E-state index in [-0.39, 0.29) is 11.8 Å². The zero-order valence-electron chi connectivity index (χ0n) is 11.1. The average Bonchev–Trinajstić information content (AvgIpc) is 3.06. The highest BCUT2D eigenvalue weighted by Crippen LogP contribution is 2.26. The fraction of sp³-hybridized carbons (Fsp3) is 0.0588. The standard InChI is InChI=1S/C17H11NO2S/c19-16-13-3-1-2-4-14(13)17(20)18(16)10-11-5-6-15-12(9-11)7-8-21-15/h1-9H,10H2. The first-order chi connectivity index (χ1) is 10.2. The van der Waals surface area contributed by atoms with Crippen LogP contribution >= 0.6 is 11.3 Å². The van der Waals surface area contributed by atoms with Crippen LogP contribution in [0.25, 0.3) is 10.1 Å². The first-order valence-corrected chi connectivity index (χ1v) is 7.53. The first-order valence-electron chi connectivity index (χ1n) is 6.65.